The van der Waals surface area contributed by atoms with Gasteiger partial charge in [-0.1, -0.05) is 17.7 Å². The lowest BCUT2D eigenvalue weighted by atomic mass is 10.1. The minimum Gasteiger partial charge on any atom is -0.451 e. The van der Waals surface area contributed by atoms with E-state index < -0.39 is 50.7 Å². The molecule has 0 spiro atoms. The lowest BCUT2D eigenvalue weighted by molar-refractivity contribution is -0.138. The molecule has 11 heteroatoms. The molecule has 0 aliphatic rings. The van der Waals surface area contributed by atoms with E-state index in [0.29, 0.717) is 0 Å². The molecule has 0 aliphatic heterocycles. The molecule has 0 unspecified atom stereocenters. The van der Waals surface area contributed by atoms with Crippen molar-refractivity contribution in [2.75, 3.05) is 4.72 Å². The Morgan fingerprint density at radius 1 is 0.844 bits per heavy atom. The summed E-state index contributed by atoms with van der Waals surface area (Å²) in [5, 5.41) is 0. The molecular formula is C21H15F6NO3S. The van der Waals surface area contributed by atoms with Crippen LogP contribution in [0, 0.1) is 31.3 Å². The van der Waals surface area contributed by atoms with Crippen LogP contribution in [0.2, 0.25) is 0 Å². The molecule has 32 heavy (non-hydrogen) atoms. The van der Waals surface area contributed by atoms with E-state index in [9.17, 15) is 34.8 Å². The fourth-order valence-corrected chi connectivity index (χ4v) is 3.75. The highest BCUT2D eigenvalue weighted by atomic mass is 32.2. The normalized spacial score (nSPS) is 12.0. The molecule has 4 nitrogen and oxygen atoms in total. The second kappa shape index (κ2) is 8.38. The molecule has 0 atom stereocenters. The van der Waals surface area contributed by atoms with Crippen LogP contribution >= 0.6 is 0 Å². The van der Waals surface area contributed by atoms with Crippen molar-refractivity contribution in [1.29, 1.82) is 0 Å². The van der Waals surface area contributed by atoms with E-state index in [1.54, 1.807) is 6.92 Å². The van der Waals surface area contributed by atoms with Crippen molar-refractivity contribution < 1.29 is 39.5 Å². The first-order valence-corrected chi connectivity index (χ1v) is 10.4. The van der Waals surface area contributed by atoms with Gasteiger partial charge in [-0.25, -0.2) is 21.6 Å². The first kappa shape index (κ1) is 23.5. The average molecular weight is 475 g/mol. The van der Waals surface area contributed by atoms with E-state index in [4.69, 9.17) is 4.74 Å². The highest BCUT2D eigenvalue weighted by Gasteiger charge is 2.33. The van der Waals surface area contributed by atoms with Gasteiger partial charge in [0.1, 0.15) is 11.6 Å². The summed E-state index contributed by atoms with van der Waals surface area (Å²) in [4.78, 5) is -0.162. The quantitative estimate of drug-likeness (QED) is 0.439. The lowest BCUT2D eigenvalue weighted by Gasteiger charge is -2.15. The largest absolute Gasteiger partial charge is 0.451 e. The molecule has 0 fully saturated rings. The smallest absolute Gasteiger partial charge is 0.416 e. The number of anilines is 1. The van der Waals surface area contributed by atoms with Crippen molar-refractivity contribution in [2.45, 2.75) is 24.9 Å². The number of alkyl halides is 3. The second-order valence-electron chi connectivity index (χ2n) is 6.88. The van der Waals surface area contributed by atoms with Gasteiger partial charge in [-0.05, 0) is 49.7 Å². The fraction of sp³-hybridized carbons (Fsp3) is 0.143. The Balaban J connectivity index is 1.97. The monoisotopic (exact) mass is 475 g/mol. The van der Waals surface area contributed by atoms with Crippen molar-refractivity contribution >= 4 is 15.7 Å². The van der Waals surface area contributed by atoms with Crippen molar-refractivity contribution in [1.82, 2.24) is 0 Å². The van der Waals surface area contributed by atoms with Gasteiger partial charge in [0, 0.05) is 6.07 Å². The van der Waals surface area contributed by atoms with Crippen LogP contribution in [-0.4, -0.2) is 8.42 Å². The molecule has 0 amide bonds. The van der Waals surface area contributed by atoms with Crippen LogP contribution in [0.3, 0.4) is 0 Å². The molecule has 0 aliphatic carbocycles. The zero-order valence-electron chi connectivity index (χ0n) is 16.5. The standard InChI is InChI=1S/C21H15F6NO3S/c1-11-3-5-14(6-4-11)32(29,30)28-18-10-19(12(2)7-15(18)22)31-20-16(23)8-13(9-17(20)24)21(25,26)27/h3-10,28H,1-2H3. The third kappa shape index (κ3) is 4.98. The Hall–Kier alpha value is -3.21. The molecule has 3 rings (SSSR count). The Morgan fingerprint density at radius 2 is 1.41 bits per heavy atom. The summed E-state index contributed by atoms with van der Waals surface area (Å²) in [6.07, 6.45) is -4.98. The van der Waals surface area contributed by atoms with Crippen LogP contribution in [0.15, 0.2) is 53.4 Å². The summed E-state index contributed by atoms with van der Waals surface area (Å²) in [6.45, 7) is 3.04. The topological polar surface area (TPSA) is 55.4 Å². The number of rotatable bonds is 5. The van der Waals surface area contributed by atoms with Gasteiger partial charge in [0.2, 0.25) is 0 Å². The molecule has 0 saturated carbocycles. The van der Waals surface area contributed by atoms with Crippen LogP contribution in [0.25, 0.3) is 0 Å². The van der Waals surface area contributed by atoms with Crippen LogP contribution in [0.5, 0.6) is 11.5 Å². The van der Waals surface area contributed by atoms with Crippen molar-refractivity contribution in [2.24, 2.45) is 0 Å². The lowest BCUT2D eigenvalue weighted by Crippen LogP contribution is -2.14. The van der Waals surface area contributed by atoms with Crippen molar-refractivity contribution in [3.63, 3.8) is 0 Å². The number of halogens is 6. The molecule has 3 aromatic rings. The number of nitrogens with one attached hydrogen (secondary N) is 1. The minimum atomic E-state index is -4.98. The maximum atomic E-state index is 14.4. The predicted octanol–water partition coefficient (Wildman–Crippen LogP) is 6.33. The van der Waals surface area contributed by atoms with Gasteiger partial charge in [-0.2, -0.15) is 13.2 Å². The van der Waals surface area contributed by atoms with Crippen LogP contribution in [-0.2, 0) is 16.2 Å². The van der Waals surface area contributed by atoms with E-state index in [1.165, 1.54) is 31.2 Å². The van der Waals surface area contributed by atoms with Crippen LogP contribution in [0.4, 0.5) is 32.0 Å². The number of hydrogen-bond donors (Lipinski definition) is 1. The highest BCUT2D eigenvalue weighted by molar-refractivity contribution is 7.92. The zero-order chi connectivity index (χ0) is 23.8. The Labute approximate surface area is 179 Å². The van der Waals surface area contributed by atoms with E-state index >= 15 is 0 Å². The molecule has 1 N–H and O–H groups in total. The summed E-state index contributed by atoms with van der Waals surface area (Å²) in [5.41, 5.74) is -1.33. The molecule has 3 aromatic carbocycles. The number of sulfonamides is 1. The molecule has 0 aromatic heterocycles. The Kier molecular flexibility index (Phi) is 6.14. The number of aryl methyl sites for hydroxylation is 2. The van der Waals surface area contributed by atoms with Gasteiger partial charge in [-0.15, -0.1) is 0 Å². The number of hydrogen-bond acceptors (Lipinski definition) is 3. The zero-order valence-corrected chi connectivity index (χ0v) is 17.3. The van der Waals surface area contributed by atoms with Crippen LogP contribution in [0.1, 0.15) is 16.7 Å². The predicted molar refractivity (Wildman–Crippen MR) is 105 cm³/mol. The van der Waals surface area contributed by atoms with Gasteiger partial charge >= 0.3 is 6.18 Å². The van der Waals surface area contributed by atoms with E-state index in [1.807, 2.05) is 4.72 Å². The molecule has 0 bridgehead atoms. The summed E-state index contributed by atoms with van der Waals surface area (Å²) in [6, 6.07) is 7.46. The van der Waals surface area contributed by atoms with E-state index in [0.717, 1.165) is 17.7 Å². The molecular weight excluding hydrogens is 460 g/mol. The number of ether oxygens (including phenoxy) is 1. The first-order chi connectivity index (χ1) is 14.8. The highest BCUT2D eigenvalue weighted by Crippen LogP contribution is 2.37. The first-order valence-electron chi connectivity index (χ1n) is 8.91. The molecule has 0 saturated heterocycles. The Bertz CT molecular complexity index is 1250. The van der Waals surface area contributed by atoms with Crippen molar-refractivity contribution in [3.8, 4) is 11.5 Å². The minimum absolute atomic E-state index is 0.0134. The SMILES string of the molecule is Cc1ccc(S(=O)(=O)Nc2cc(Oc3c(F)cc(C(F)(F)F)cc3F)c(C)cc2F)cc1. The summed E-state index contributed by atoms with van der Waals surface area (Å²) in [7, 11) is -4.21. The maximum absolute atomic E-state index is 14.4. The summed E-state index contributed by atoms with van der Waals surface area (Å²) < 4.78 is 113. The van der Waals surface area contributed by atoms with E-state index in [2.05, 4.69) is 0 Å². The third-order valence-corrected chi connectivity index (χ3v) is 5.76. The maximum Gasteiger partial charge on any atom is 0.416 e. The third-order valence-electron chi connectivity index (χ3n) is 4.38. The second-order valence-corrected chi connectivity index (χ2v) is 8.57. The van der Waals surface area contributed by atoms with Gasteiger partial charge in [0.05, 0.1) is 16.1 Å². The van der Waals surface area contributed by atoms with Gasteiger partial charge in [0.15, 0.2) is 17.4 Å². The van der Waals surface area contributed by atoms with Crippen LogP contribution < -0.4 is 9.46 Å². The molecule has 0 heterocycles. The Morgan fingerprint density at radius 3 is 1.94 bits per heavy atom. The summed E-state index contributed by atoms with van der Waals surface area (Å²) >= 11 is 0. The summed E-state index contributed by atoms with van der Waals surface area (Å²) in [5.74, 6) is -5.80. The van der Waals surface area contributed by atoms with E-state index in [-0.39, 0.29) is 28.3 Å². The molecule has 0 radical (unpaired) electrons. The fourth-order valence-electron chi connectivity index (χ4n) is 2.69. The van der Waals surface area contributed by atoms with Gasteiger partial charge in [-0.3, -0.25) is 4.72 Å². The van der Waals surface area contributed by atoms with Gasteiger partial charge in [0.25, 0.3) is 10.0 Å². The van der Waals surface area contributed by atoms with Gasteiger partial charge < -0.3 is 4.74 Å². The van der Waals surface area contributed by atoms with Crippen molar-refractivity contribution in [3.05, 3.63) is 82.7 Å². The average Bonchev–Trinajstić information content (AvgIpc) is 2.67. The number of benzene rings is 3. The molecule has 170 valence electrons.